The van der Waals surface area contributed by atoms with E-state index < -0.39 is 28.5 Å². The fourth-order valence-corrected chi connectivity index (χ4v) is 4.38. The standard InChI is InChI=1S/C24H32ClN3O6S/c1-16(2)26-24(30)17(3)27(14-18-7-10-20(33-4)11-8-18)23(29)15-28(35(6,31)32)21-13-19(25)9-12-22(21)34-5/h7-13,16-17H,14-15H2,1-6H3,(H,26,30). The van der Waals surface area contributed by atoms with Gasteiger partial charge in [0.05, 0.1) is 26.2 Å². The fourth-order valence-electron chi connectivity index (χ4n) is 3.37. The number of anilines is 1. The van der Waals surface area contributed by atoms with Gasteiger partial charge >= 0.3 is 0 Å². The van der Waals surface area contributed by atoms with Gasteiger partial charge in [-0.3, -0.25) is 13.9 Å². The molecule has 0 heterocycles. The first kappa shape index (κ1) is 28.3. The summed E-state index contributed by atoms with van der Waals surface area (Å²) in [5.41, 5.74) is 0.870. The van der Waals surface area contributed by atoms with Crippen LogP contribution < -0.4 is 19.1 Å². The molecule has 1 atom stereocenters. The van der Waals surface area contributed by atoms with E-state index in [9.17, 15) is 18.0 Å². The van der Waals surface area contributed by atoms with Gasteiger partial charge in [-0.25, -0.2) is 8.42 Å². The van der Waals surface area contributed by atoms with Crippen LogP contribution in [-0.4, -0.2) is 64.2 Å². The molecule has 192 valence electrons. The summed E-state index contributed by atoms with van der Waals surface area (Å²) >= 11 is 6.10. The summed E-state index contributed by atoms with van der Waals surface area (Å²) in [4.78, 5) is 27.7. The van der Waals surface area contributed by atoms with Crippen molar-refractivity contribution >= 4 is 39.1 Å². The van der Waals surface area contributed by atoms with E-state index in [1.54, 1.807) is 44.4 Å². The Hall–Kier alpha value is -2.98. The van der Waals surface area contributed by atoms with Crippen LogP contribution in [0.25, 0.3) is 0 Å². The minimum absolute atomic E-state index is 0.0831. The van der Waals surface area contributed by atoms with E-state index in [1.807, 2.05) is 13.8 Å². The molecule has 11 heteroatoms. The number of benzene rings is 2. The Morgan fingerprint density at radius 3 is 2.17 bits per heavy atom. The predicted molar refractivity (Wildman–Crippen MR) is 136 cm³/mol. The van der Waals surface area contributed by atoms with Crippen LogP contribution in [-0.2, 0) is 26.2 Å². The van der Waals surface area contributed by atoms with Crippen molar-refractivity contribution in [2.45, 2.75) is 39.4 Å². The van der Waals surface area contributed by atoms with Crippen LogP contribution in [0.1, 0.15) is 26.3 Å². The van der Waals surface area contributed by atoms with Crippen LogP contribution in [0.2, 0.25) is 5.02 Å². The zero-order valence-electron chi connectivity index (χ0n) is 20.7. The minimum Gasteiger partial charge on any atom is -0.497 e. The second-order valence-electron chi connectivity index (χ2n) is 8.29. The molecule has 0 spiro atoms. The number of rotatable bonds is 11. The first-order valence-corrected chi connectivity index (χ1v) is 13.1. The molecule has 0 aliphatic carbocycles. The van der Waals surface area contributed by atoms with Crippen LogP contribution in [0, 0.1) is 0 Å². The van der Waals surface area contributed by atoms with Crippen molar-refractivity contribution in [3.63, 3.8) is 0 Å². The lowest BCUT2D eigenvalue weighted by molar-refractivity contribution is -0.139. The van der Waals surface area contributed by atoms with Crippen molar-refractivity contribution < 1.29 is 27.5 Å². The highest BCUT2D eigenvalue weighted by Crippen LogP contribution is 2.33. The third-order valence-electron chi connectivity index (χ3n) is 5.20. The van der Waals surface area contributed by atoms with E-state index in [2.05, 4.69) is 5.32 Å². The molecule has 2 rings (SSSR count). The number of nitrogens with zero attached hydrogens (tertiary/aromatic N) is 2. The van der Waals surface area contributed by atoms with Gasteiger partial charge in [-0.15, -0.1) is 0 Å². The number of methoxy groups -OCH3 is 2. The van der Waals surface area contributed by atoms with Gasteiger partial charge in [0.2, 0.25) is 21.8 Å². The number of carbonyl (C=O) groups excluding carboxylic acids is 2. The molecule has 1 N–H and O–H groups in total. The molecule has 2 aromatic rings. The Labute approximate surface area is 212 Å². The molecule has 2 amide bonds. The van der Waals surface area contributed by atoms with Gasteiger partial charge in [0.15, 0.2) is 0 Å². The summed E-state index contributed by atoms with van der Waals surface area (Å²) in [7, 11) is -0.972. The third-order valence-corrected chi connectivity index (χ3v) is 6.56. The van der Waals surface area contributed by atoms with Gasteiger partial charge in [-0.2, -0.15) is 0 Å². The quantitative estimate of drug-likeness (QED) is 0.483. The second kappa shape index (κ2) is 12.1. The summed E-state index contributed by atoms with van der Waals surface area (Å²) in [6.07, 6.45) is 0.989. The molecular weight excluding hydrogens is 494 g/mol. The topological polar surface area (TPSA) is 105 Å². The van der Waals surface area contributed by atoms with E-state index in [0.717, 1.165) is 16.1 Å². The molecule has 0 aliphatic heterocycles. The molecule has 0 saturated heterocycles. The molecule has 0 aromatic heterocycles. The van der Waals surface area contributed by atoms with Gasteiger partial charge < -0.3 is 19.7 Å². The van der Waals surface area contributed by atoms with Gasteiger partial charge in [-0.1, -0.05) is 23.7 Å². The molecule has 0 saturated carbocycles. The number of nitrogens with one attached hydrogen (secondary N) is 1. The highest BCUT2D eigenvalue weighted by Gasteiger charge is 2.31. The van der Waals surface area contributed by atoms with E-state index in [1.165, 1.54) is 24.1 Å². The predicted octanol–water partition coefficient (Wildman–Crippen LogP) is 3.07. The van der Waals surface area contributed by atoms with Crippen LogP contribution in [0.4, 0.5) is 5.69 Å². The average Bonchev–Trinajstić information content (AvgIpc) is 2.79. The monoisotopic (exact) mass is 525 g/mol. The Bertz CT molecular complexity index is 1140. The number of hydrogen-bond donors (Lipinski definition) is 1. The molecule has 1 unspecified atom stereocenters. The fraction of sp³-hybridized carbons (Fsp3) is 0.417. The summed E-state index contributed by atoms with van der Waals surface area (Å²) in [6, 6.07) is 10.5. The summed E-state index contributed by atoms with van der Waals surface area (Å²) in [6.45, 7) is 4.77. The molecule has 0 aliphatic rings. The highest BCUT2D eigenvalue weighted by molar-refractivity contribution is 7.92. The van der Waals surface area contributed by atoms with Gasteiger partial charge in [-0.05, 0) is 56.7 Å². The van der Waals surface area contributed by atoms with Crippen LogP contribution in [0.15, 0.2) is 42.5 Å². The molecule has 9 nitrogen and oxygen atoms in total. The summed E-state index contributed by atoms with van der Waals surface area (Å²) in [5, 5.41) is 3.08. The molecule has 0 fully saturated rings. The van der Waals surface area contributed by atoms with Gasteiger partial charge in [0.25, 0.3) is 0 Å². The summed E-state index contributed by atoms with van der Waals surface area (Å²) in [5.74, 6) is -0.0405. The van der Waals surface area contributed by atoms with Crippen molar-refractivity contribution in [1.82, 2.24) is 10.2 Å². The largest absolute Gasteiger partial charge is 0.497 e. The van der Waals surface area contributed by atoms with Crippen LogP contribution in [0.3, 0.4) is 0 Å². The summed E-state index contributed by atoms with van der Waals surface area (Å²) < 4.78 is 36.8. The number of carbonyl (C=O) groups is 2. The zero-order chi connectivity index (χ0) is 26.3. The Morgan fingerprint density at radius 1 is 1.03 bits per heavy atom. The average molecular weight is 526 g/mol. The van der Waals surface area contributed by atoms with E-state index >= 15 is 0 Å². The molecule has 35 heavy (non-hydrogen) atoms. The zero-order valence-corrected chi connectivity index (χ0v) is 22.3. The van der Waals surface area contributed by atoms with Crippen molar-refractivity contribution in [2.24, 2.45) is 0 Å². The maximum atomic E-state index is 13.6. The lowest BCUT2D eigenvalue weighted by atomic mass is 10.1. The maximum absolute atomic E-state index is 13.6. The van der Waals surface area contributed by atoms with Gasteiger partial charge in [0, 0.05) is 17.6 Å². The molecule has 0 bridgehead atoms. The van der Waals surface area contributed by atoms with Crippen molar-refractivity contribution in [2.75, 3.05) is 31.3 Å². The normalized spacial score (nSPS) is 12.1. The Morgan fingerprint density at radius 2 is 1.66 bits per heavy atom. The lowest BCUT2D eigenvalue weighted by Crippen LogP contribution is -2.52. The van der Waals surface area contributed by atoms with Crippen molar-refractivity contribution in [3.8, 4) is 11.5 Å². The lowest BCUT2D eigenvalue weighted by Gasteiger charge is -2.32. The molecule has 0 radical (unpaired) electrons. The second-order valence-corrected chi connectivity index (χ2v) is 10.6. The third kappa shape index (κ3) is 7.76. The first-order chi connectivity index (χ1) is 16.4. The van der Waals surface area contributed by atoms with Crippen molar-refractivity contribution in [1.29, 1.82) is 0 Å². The number of halogens is 1. The van der Waals surface area contributed by atoms with E-state index in [-0.39, 0.29) is 35.0 Å². The highest BCUT2D eigenvalue weighted by atomic mass is 35.5. The molecule has 2 aromatic carbocycles. The Balaban J connectivity index is 2.45. The van der Waals surface area contributed by atoms with E-state index in [4.69, 9.17) is 21.1 Å². The minimum atomic E-state index is -3.91. The number of sulfonamides is 1. The Kier molecular flexibility index (Phi) is 9.79. The van der Waals surface area contributed by atoms with Gasteiger partial charge in [0.1, 0.15) is 24.1 Å². The smallest absolute Gasteiger partial charge is 0.244 e. The van der Waals surface area contributed by atoms with Crippen LogP contribution in [0.5, 0.6) is 11.5 Å². The van der Waals surface area contributed by atoms with E-state index in [0.29, 0.717) is 5.75 Å². The SMILES string of the molecule is COc1ccc(CN(C(=O)CN(c2cc(Cl)ccc2OC)S(C)(=O)=O)C(C)C(=O)NC(C)C)cc1. The first-order valence-electron chi connectivity index (χ1n) is 10.9. The maximum Gasteiger partial charge on any atom is 0.244 e. The van der Waals surface area contributed by atoms with Crippen LogP contribution >= 0.6 is 11.6 Å². The van der Waals surface area contributed by atoms with Crippen molar-refractivity contribution in [3.05, 3.63) is 53.1 Å². The number of ether oxygens (including phenoxy) is 2. The molecular formula is C24H32ClN3O6S. The number of amides is 2. The number of hydrogen-bond acceptors (Lipinski definition) is 6.